The number of carbonyl (C=O) groups is 3. The summed E-state index contributed by atoms with van der Waals surface area (Å²) in [4.78, 5) is 40.3. The van der Waals surface area contributed by atoms with Crippen molar-refractivity contribution in [3.63, 3.8) is 0 Å². The van der Waals surface area contributed by atoms with Crippen LogP contribution in [0.1, 0.15) is 22.5 Å². The quantitative estimate of drug-likeness (QED) is 0.542. The van der Waals surface area contributed by atoms with E-state index in [0.717, 1.165) is 11.3 Å². The molecule has 0 spiro atoms. The van der Waals surface area contributed by atoms with Crippen molar-refractivity contribution in [2.45, 2.75) is 23.3 Å². The van der Waals surface area contributed by atoms with Crippen molar-refractivity contribution >= 4 is 46.9 Å². The Bertz CT molecular complexity index is 621. The Kier molecular flexibility index (Phi) is 5.66. The Balaban J connectivity index is 2.09. The number of nitrogens with zero attached hydrogens (tertiary/aromatic N) is 2. The largest absolute Gasteiger partial charge is 0.456 e. The molecule has 126 valence electrons. The van der Waals surface area contributed by atoms with E-state index in [0.29, 0.717) is 23.7 Å². The molecule has 23 heavy (non-hydrogen) atoms. The van der Waals surface area contributed by atoms with E-state index < -0.39 is 24.1 Å². The summed E-state index contributed by atoms with van der Waals surface area (Å²) >= 11 is 2.44. The van der Waals surface area contributed by atoms with Gasteiger partial charge in [-0.2, -0.15) is 0 Å². The van der Waals surface area contributed by atoms with E-state index in [9.17, 15) is 14.4 Å². The first-order valence-electron chi connectivity index (χ1n) is 6.77. The van der Waals surface area contributed by atoms with Gasteiger partial charge in [-0.3, -0.25) is 5.32 Å². The summed E-state index contributed by atoms with van der Waals surface area (Å²) in [7, 11) is 0. The van der Waals surface area contributed by atoms with Crippen LogP contribution >= 0.6 is 23.1 Å². The topological polar surface area (TPSA) is 141 Å². The van der Waals surface area contributed by atoms with E-state index in [1.54, 1.807) is 6.26 Å². The second-order valence-corrected chi connectivity index (χ2v) is 6.86. The first-order valence-corrected chi connectivity index (χ1v) is 8.81. The van der Waals surface area contributed by atoms with Crippen LogP contribution < -0.4 is 16.8 Å². The highest BCUT2D eigenvalue weighted by atomic mass is 32.2. The summed E-state index contributed by atoms with van der Waals surface area (Å²) < 4.78 is 6.02. The maximum absolute atomic E-state index is 12.3. The monoisotopic (exact) mass is 359 g/mol. The van der Waals surface area contributed by atoms with Gasteiger partial charge in [0.25, 0.3) is 0 Å². The zero-order valence-corrected chi connectivity index (χ0v) is 14.0. The van der Waals surface area contributed by atoms with Crippen molar-refractivity contribution in [2.75, 3.05) is 24.7 Å². The molecule has 0 bridgehead atoms. The zero-order valence-electron chi connectivity index (χ0n) is 12.4. The Labute approximate surface area is 140 Å². The standard InChI is InChI=1S/C12H17N5O4S2/c1-22-12-16-8(15-10(13)19)7(23-12)9(18)21-6-3-2-4-17(5-6)11(14)20/h6H,2-5H2,1H3,(H2,14,20)(H3,13,15,19). The van der Waals surface area contributed by atoms with Crippen LogP contribution in [0.3, 0.4) is 0 Å². The molecule has 0 saturated carbocycles. The van der Waals surface area contributed by atoms with E-state index in [1.165, 1.54) is 16.7 Å². The van der Waals surface area contributed by atoms with Gasteiger partial charge in [0.05, 0.1) is 6.54 Å². The Morgan fingerprint density at radius 3 is 2.78 bits per heavy atom. The number of thioether (sulfide) groups is 1. The van der Waals surface area contributed by atoms with Crippen molar-refractivity contribution < 1.29 is 19.1 Å². The number of esters is 1. The van der Waals surface area contributed by atoms with E-state index in [2.05, 4.69) is 10.3 Å². The van der Waals surface area contributed by atoms with Crippen LogP contribution in [0.4, 0.5) is 15.4 Å². The number of urea groups is 2. The number of carbonyl (C=O) groups excluding carboxylic acids is 3. The molecular formula is C12H17N5O4S2. The molecule has 0 aliphatic carbocycles. The molecule has 1 fully saturated rings. The van der Waals surface area contributed by atoms with Gasteiger partial charge in [-0.15, -0.1) is 0 Å². The van der Waals surface area contributed by atoms with Crippen LogP contribution in [0.2, 0.25) is 0 Å². The number of nitrogens with two attached hydrogens (primary N) is 2. The lowest BCUT2D eigenvalue weighted by Crippen LogP contribution is -2.46. The van der Waals surface area contributed by atoms with Gasteiger partial charge < -0.3 is 21.1 Å². The summed E-state index contributed by atoms with van der Waals surface area (Å²) in [6.45, 7) is 0.808. The fourth-order valence-electron chi connectivity index (χ4n) is 2.17. The van der Waals surface area contributed by atoms with Crippen molar-refractivity contribution in [3.05, 3.63) is 4.88 Å². The Morgan fingerprint density at radius 1 is 1.43 bits per heavy atom. The molecule has 0 aromatic carbocycles. The molecule has 1 saturated heterocycles. The average Bonchev–Trinajstić information content (AvgIpc) is 2.89. The highest BCUT2D eigenvalue weighted by Gasteiger charge is 2.28. The number of anilines is 1. The molecule has 1 aromatic heterocycles. The average molecular weight is 359 g/mol. The molecule has 9 nitrogen and oxygen atoms in total. The fourth-order valence-corrected chi connectivity index (χ4v) is 3.57. The molecule has 0 radical (unpaired) electrons. The number of primary amides is 2. The van der Waals surface area contributed by atoms with Gasteiger partial charge in [-0.1, -0.05) is 23.1 Å². The Hall–Kier alpha value is -2.01. The third kappa shape index (κ3) is 4.48. The zero-order chi connectivity index (χ0) is 17.0. The molecule has 5 N–H and O–H groups in total. The van der Waals surface area contributed by atoms with Crippen LogP contribution in [0.5, 0.6) is 0 Å². The lowest BCUT2D eigenvalue weighted by atomic mass is 10.1. The first kappa shape index (κ1) is 17.3. The number of amides is 4. The summed E-state index contributed by atoms with van der Waals surface area (Å²) in [5.74, 6) is -0.526. The fraction of sp³-hybridized carbons (Fsp3) is 0.500. The van der Waals surface area contributed by atoms with Crippen LogP contribution in [-0.2, 0) is 4.74 Å². The van der Waals surface area contributed by atoms with Gasteiger partial charge in [0.15, 0.2) is 15.0 Å². The summed E-state index contributed by atoms with van der Waals surface area (Å²) in [6.07, 6.45) is 2.70. The van der Waals surface area contributed by atoms with E-state index >= 15 is 0 Å². The lowest BCUT2D eigenvalue weighted by Gasteiger charge is -2.30. The number of ether oxygens (including phenoxy) is 1. The van der Waals surface area contributed by atoms with Crippen LogP contribution in [0, 0.1) is 0 Å². The summed E-state index contributed by atoms with van der Waals surface area (Å²) in [6, 6.07) is -1.35. The van der Waals surface area contributed by atoms with Crippen molar-refractivity contribution in [1.82, 2.24) is 9.88 Å². The molecule has 1 aliphatic rings. The van der Waals surface area contributed by atoms with Crippen LogP contribution in [-0.4, -0.2) is 53.4 Å². The molecule has 1 aliphatic heterocycles. The van der Waals surface area contributed by atoms with Gasteiger partial charge in [-0.05, 0) is 19.1 Å². The van der Waals surface area contributed by atoms with Crippen LogP contribution in [0.15, 0.2) is 4.34 Å². The highest BCUT2D eigenvalue weighted by molar-refractivity contribution is 8.00. The number of nitrogens with one attached hydrogen (secondary N) is 1. The van der Waals surface area contributed by atoms with Gasteiger partial charge in [0, 0.05) is 6.54 Å². The molecule has 1 unspecified atom stereocenters. The van der Waals surface area contributed by atoms with E-state index in [1.807, 2.05) is 0 Å². The molecule has 2 heterocycles. The summed E-state index contributed by atoms with van der Waals surface area (Å²) in [5, 5.41) is 2.31. The van der Waals surface area contributed by atoms with Gasteiger partial charge >= 0.3 is 18.0 Å². The maximum Gasteiger partial charge on any atom is 0.352 e. The predicted octanol–water partition coefficient (Wildman–Crippen LogP) is 1.06. The van der Waals surface area contributed by atoms with Gasteiger partial charge in [0.2, 0.25) is 0 Å². The molecule has 1 atom stereocenters. The van der Waals surface area contributed by atoms with Crippen LogP contribution in [0.25, 0.3) is 0 Å². The minimum atomic E-state index is -0.811. The second-order valence-electron chi connectivity index (χ2n) is 4.80. The van der Waals surface area contributed by atoms with E-state index in [-0.39, 0.29) is 17.2 Å². The number of piperidine rings is 1. The molecule has 2 rings (SSSR count). The molecule has 4 amide bonds. The molecular weight excluding hydrogens is 342 g/mol. The predicted molar refractivity (Wildman–Crippen MR) is 86.7 cm³/mol. The minimum Gasteiger partial charge on any atom is -0.456 e. The summed E-state index contributed by atoms with van der Waals surface area (Å²) in [5.41, 5.74) is 10.3. The maximum atomic E-state index is 12.3. The third-order valence-electron chi connectivity index (χ3n) is 3.17. The second kappa shape index (κ2) is 7.51. The number of hydrogen-bond donors (Lipinski definition) is 3. The number of aromatic nitrogens is 1. The third-order valence-corrected chi connectivity index (χ3v) is 5.19. The molecule has 1 aromatic rings. The van der Waals surface area contributed by atoms with Crippen molar-refractivity contribution in [1.29, 1.82) is 0 Å². The minimum absolute atomic E-state index is 0.0828. The first-order chi connectivity index (χ1) is 10.9. The van der Waals surface area contributed by atoms with Crippen molar-refractivity contribution in [3.8, 4) is 0 Å². The lowest BCUT2D eigenvalue weighted by molar-refractivity contribution is 0.0134. The van der Waals surface area contributed by atoms with Gasteiger partial charge in [0.1, 0.15) is 6.10 Å². The SMILES string of the molecule is CSc1nc(NC(N)=O)c(C(=O)OC2CCCN(C(N)=O)C2)s1. The normalized spacial score (nSPS) is 17.6. The van der Waals surface area contributed by atoms with Crippen molar-refractivity contribution in [2.24, 2.45) is 11.5 Å². The number of rotatable bonds is 4. The smallest absolute Gasteiger partial charge is 0.352 e. The highest BCUT2D eigenvalue weighted by Crippen LogP contribution is 2.30. The molecule has 11 heteroatoms. The Morgan fingerprint density at radius 2 is 2.17 bits per heavy atom. The number of hydrogen-bond acceptors (Lipinski definition) is 7. The number of thiazole rings is 1. The van der Waals surface area contributed by atoms with Gasteiger partial charge in [-0.25, -0.2) is 19.4 Å². The van der Waals surface area contributed by atoms with E-state index in [4.69, 9.17) is 16.2 Å². The number of likely N-dealkylation sites (tertiary alicyclic amines) is 1.